The molecule has 2 aliphatic rings. The van der Waals surface area contributed by atoms with Crippen LogP contribution in [0.5, 0.6) is 0 Å². The van der Waals surface area contributed by atoms with Crippen LogP contribution >= 0.6 is 0 Å². The number of hydrogen-bond donors (Lipinski definition) is 0. The maximum Gasteiger partial charge on any atom is 0.326 e. The van der Waals surface area contributed by atoms with Crippen LogP contribution in [0.2, 0.25) is 0 Å². The van der Waals surface area contributed by atoms with Crippen molar-refractivity contribution >= 4 is 17.8 Å². The highest BCUT2D eigenvalue weighted by atomic mass is 16.2. The number of imide groups is 1. The van der Waals surface area contributed by atoms with Crippen molar-refractivity contribution in [3.63, 3.8) is 0 Å². The van der Waals surface area contributed by atoms with Crippen molar-refractivity contribution in [2.45, 2.75) is 38.6 Å². The Kier molecular flexibility index (Phi) is 5.06. The molecule has 6 heteroatoms. The van der Waals surface area contributed by atoms with Crippen molar-refractivity contribution in [3.8, 4) is 0 Å². The SMILES string of the molecule is Cc1cccc([C@@H]2CCCN2C(=O)CCCN2C(=O)CN(C)C2=O)c1. The Bertz CT molecular complexity index is 688. The average Bonchev–Trinajstić information content (AvgIpc) is 3.15. The predicted molar refractivity (Wildman–Crippen MR) is 93.8 cm³/mol. The van der Waals surface area contributed by atoms with Gasteiger partial charge in [0.1, 0.15) is 6.54 Å². The number of rotatable bonds is 5. The fourth-order valence-electron chi connectivity index (χ4n) is 3.71. The van der Waals surface area contributed by atoms with Crippen molar-refractivity contribution in [3.05, 3.63) is 35.4 Å². The Morgan fingerprint density at radius 1 is 1.28 bits per heavy atom. The third-order valence-corrected chi connectivity index (χ3v) is 5.00. The smallest absolute Gasteiger partial charge is 0.326 e. The number of aryl methyl sites for hydroxylation is 1. The Morgan fingerprint density at radius 3 is 2.76 bits per heavy atom. The lowest BCUT2D eigenvalue weighted by Gasteiger charge is -2.26. The lowest BCUT2D eigenvalue weighted by molar-refractivity contribution is -0.133. The summed E-state index contributed by atoms with van der Waals surface area (Å²) in [6, 6.07) is 8.21. The van der Waals surface area contributed by atoms with Gasteiger partial charge < -0.3 is 9.80 Å². The van der Waals surface area contributed by atoms with Crippen LogP contribution in [0.1, 0.15) is 42.9 Å². The number of hydrogen-bond acceptors (Lipinski definition) is 3. The third-order valence-electron chi connectivity index (χ3n) is 5.00. The summed E-state index contributed by atoms with van der Waals surface area (Å²) < 4.78 is 0. The van der Waals surface area contributed by atoms with Gasteiger partial charge in [-0.2, -0.15) is 0 Å². The van der Waals surface area contributed by atoms with Gasteiger partial charge in [-0.3, -0.25) is 14.5 Å². The summed E-state index contributed by atoms with van der Waals surface area (Å²) in [5.74, 6) is -0.0739. The van der Waals surface area contributed by atoms with E-state index in [0.29, 0.717) is 19.4 Å². The second-order valence-corrected chi connectivity index (χ2v) is 6.95. The molecule has 0 bridgehead atoms. The summed E-state index contributed by atoms with van der Waals surface area (Å²) in [6.07, 6.45) is 2.88. The van der Waals surface area contributed by atoms with Crippen LogP contribution in [0.15, 0.2) is 24.3 Å². The summed E-state index contributed by atoms with van der Waals surface area (Å²) in [6.45, 7) is 3.29. The minimum absolute atomic E-state index is 0.108. The molecule has 0 radical (unpaired) electrons. The molecule has 2 saturated heterocycles. The molecular formula is C19H25N3O3. The molecule has 0 aliphatic carbocycles. The molecule has 1 aromatic carbocycles. The minimum atomic E-state index is -0.267. The lowest BCUT2D eigenvalue weighted by Crippen LogP contribution is -2.34. The highest BCUT2D eigenvalue weighted by molar-refractivity contribution is 6.01. The van der Waals surface area contributed by atoms with Crippen LogP contribution in [-0.4, -0.2) is 59.2 Å². The van der Waals surface area contributed by atoms with E-state index in [4.69, 9.17) is 0 Å². The van der Waals surface area contributed by atoms with E-state index in [9.17, 15) is 14.4 Å². The van der Waals surface area contributed by atoms with Crippen molar-refractivity contribution in [1.29, 1.82) is 0 Å². The van der Waals surface area contributed by atoms with Crippen LogP contribution in [0.3, 0.4) is 0 Å². The molecular weight excluding hydrogens is 318 g/mol. The minimum Gasteiger partial charge on any atom is -0.336 e. The largest absolute Gasteiger partial charge is 0.336 e. The first-order chi connectivity index (χ1) is 12.0. The summed E-state index contributed by atoms with van der Waals surface area (Å²) in [5, 5.41) is 0. The molecule has 0 saturated carbocycles. The number of likely N-dealkylation sites (tertiary alicyclic amines) is 1. The molecule has 2 aliphatic heterocycles. The van der Waals surface area contributed by atoms with E-state index in [0.717, 1.165) is 19.4 Å². The molecule has 6 nitrogen and oxygen atoms in total. The quantitative estimate of drug-likeness (QED) is 0.771. The van der Waals surface area contributed by atoms with Crippen LogP contribution in [-0.2, 0) is 9.59 Å². The maximum absolute atomic E-state index is 12.6. The molecule has 3 rings (SSSR count). The highest BCUT2D eigenvalue weighted by Crippen LogP contribution is 2.32. The van der Waals surface area contributed by atoms with Gasteiger partial charge in [-0.15, -0.1) is 0 Å². The standard InChI is InChI=1S/C19H25N3O3/c1-14-6-3-7-15(12-14)16-8-4-10-21(16)17(23)9-5-11-22-18(24)13-20(2)19(22)25/h3,6-7,12,16H,4-5,8-11,13H2,1-2H3/t16-/m0/s1. The Morgan fingerprint density at radius 2 is 2.08 bits per heavy atom. The topological polar surface area (TPSA) is 60.9 Å². The molecule has 1 atom stereocenters. The molecule has 2 fully saturated rings. The number of likely N-dealkylation sites (N-methyl/N-ethyl adjacent to an activating group) is 1. The van der Waals surface area contributed by atoms with Gasteiger partial charge in [-0.05, 0) is 31.7 Å². The maximum atomic E-state index is 12.6. The average molecular weight is 343 g/mol. The van der Waals surface area contributed by atoms with Crippen molar-refractivity contribution in [2.75, 3.05) is 26.7 Å². The van der Waals surface area contributed by atoms with Gasteiger partial charge in [0.05, 0.1) is 6.04 Å². The number of amides is 4. The summed E-state index contributed by atoms with van der Waals surface area (Å²) in [7, 11) is 1.61. The first kappa shape index (κ1) is 17.5. The predicted octanol–water partition coefficient (Wildman–Crippen LogP) is 2.33. The number of benzene rings is 1. The first-order valence-electron chi connectivity index (χ1n) is 8.89. The van der Waals surface area contributed by atoms with Gasteiger partial charge in [-0.1, -0.05) is 29.8 Å². The van der Waals surface area contributed by atoms with Crippen molar-refractivity contribution < 1.29 is 14.4 Å². The van der Waals surface area contributed by atoms with Gasteiger partial charge in [0.25, 0.3) is 0 Å². The molecule has 25 heavy (non-hydrogen) atoms. The van der Waals surface area contributed by atoms with Crippen LogP contribution in [0.25, 0.3) is 0 Å². The zero-order valence-corrected chi connectivity index (χ0v) is 14.9. The second kappa shape index (κ2) is 7.25. The van der Waals surface area contributed by atoms with E-state index < -0.39 is 0 Å². The van der Waals surface area contributed by atoms with Crippen molar-refractivity contribution in [1.82, 2.24) is 14.7 Å². The fraction of sp³-hybridized carbons (Fsp3) is 0.526. The number of carbonyl (C=O) groups is 3. The van der Waals surface area contributed by atoms with E-state index in [1.54, 1.807) is 7.05 Å². The Hall–Kier alpha value is -2.37. The molecule has 4 amide bonds. The van der Waals surface area contributed by atoms with Gasteiger partial charge in [0.2, 0.25) is 11.8 Å². The van der Waals surface area contributed by atoms with Crippen molar-refractivity contribution in [2.24, 2.45) is 0 Å². The molecule has 0 unspecified atom stereocenters. The zero-order valence-electron chi connectivity index (χ0n) is 14.9. The van der Waals surface area contributed by atoms with Crippen LogP contribution < -0.4 is 0 Å². The van der Waals surface area contributed by atoms with E-state index in [1.807, 2.05) is 11.0 Å². The summed E-state index contributed by atoms with van der Waals surface area (Å²) >= 11 is 0. The molecule has 1 aromatic rings. The molecule has 2 heterocycles. The fourth-order valence-corrected chi connectivity index (χ4v) is 3.71. The highest BCUT2D eigenvalue weighted by Gasteiger charge is 2.34. The molecule has 0 spiro atoms. The number of nitrogens with zero attached hydrogens (tertiary/aromatic N) is 3. The number of carbonyl (C=O) groups excluding carboxylic acids is 3. The van der Waals surface area contributed by atoms with E-state index >= 15 is 0 Å². The second-order valence-electron chi connectivity index (χ2n) is 6.95. The van der Waals surface area contributed by atoms with Crippen LogP contribution in [0, 0.1) is 6.92 Å². The van der Waals surface area contributed by atoms with E-state index in [2.05, 4.69) is 25.1 Å². The molecule has 134 valence electrons. The monoisotopic (exact) mass is 343 g/mol. The Labute approximate surface area is 148 Å². The van der Waals surface area contributed by atoms with E-state index in [1.165, 1.54) is 20.9 Å². The van der Waals surface area contributed by atoms with Crippen LogP contribution in [0.4, 0.5) is 4.79 Å². The summed E-state index contributed by atoms with van der Waals surface area (Å²) in [4.78, 5) is 40.9. The number of urea groups is 1. The Balaban J connectivity index is 1.56. The normalized spacial score (nSPS) is 20.7. The van der Waals surface area contributed by atoms with Gasteiger partial charge in [0.15, 0.2) is 0 Å². The third kappa shape index (κ3) is 3.67. The lowest BCUT2D eigenvalue weighted by atomic mass is 10.0. The zero-order chi connectivity index (χ0) is 18.0. The van der Waals surface area contributed by atoms with Gasteiger partial charge >= 0.3 is 6.03 Å². The van der Waals surface area contributed by atoms with Gasteiger partial charge in [-0.25, -0.2) is 4.79 Å². The summed E-state index contributed by atoms with van der Waals surface area (Å²) in [5.41, 5.74) is 2.39. The van der Waals surface area contributed by atoms with Gasteiger partial charge in [0, 0.05) is 26.6 Å². The molecule has 0 aromatic heterocycles. The van der Waals surface area contributed by atoms with E-state index in [-0.39, 0.29) is 30.4 Å². The molecule has 0 N–H and O–H groups in total. The first-order valence-corrected chi connectivity index (χ1v) is 8.89.